The summed E-state index contributed by atoms with van der Waals surface area (Å²) in [7, 11) is 1.58. The molecular formula is C19H19N3O3. The van der Waals surface area contributed by atoms with E-state index in [2.05, 4.69) is 15.5 Å². The second-order valence-electron chi connectivity index (χ2n) is 5.75. The first kappa shape index (κ1) is 16.7. The van der Waals surface area contributed by atoms with Gasteiger partial charge in [0.1, 0.15) is 11.8 Å². The minimum atomic E-state index is -0.402. The van der Waals surface area contributed by atoms with Crippen LogP contribution >= 0.6 is 0 Å². The third kappa shape index (κ3) is 3.85. The zero-order valence-corrected chi connectivity index (χ0v) is 14.3. The Morgan fingerprint density at radius 3 is 2.64 bits per heavy atom. The Morgan fingerprint density at radius 1 is 1.20 bits per heavy atom. The molecule has 128 valence electrons. The van der Waals surface area contributed by atoms with Crippen molar-refractivity contribution >= 4 is 5.91 Å². The third-order valence-electron chi connectivity index (χ3n) is 3.79. The van der Waals surface area contributed by atoms with E-state index >= 15 is 0 Å². The maximum Gasteiger partial charge on any atom is 0.251 e. The van der Waals surface area contributed by atoms with Crippen molar-refractivity contribution in [2.45, 2.75) is 19.9 Å². The number of methoxy groups -OCH3 is 1. The van der Waals surface area contributed by atoms with Gasteiger partial charge in [-0.05, 0) is 44.2 Å². The van der Waals surface area contributed by atoms with Crippen LogP contribution in [0.25, 0.3) is 11.4 Å². The number of nitrogens with one attached hydrogen (secondary N) is 1. The summed E-state index contributed by atoms with van der Waals surface area (Å²) in [6, 6.07) is 14.3. The number of carbonyl (C=O) groups is 1. The van der Waals surface area contributed by atoms with Gasteiger partial charge in [-0.3, -0.25) is 4.79 Å². The van der Waals surface area contributed by atoms with E-state index in [0.717, 1.165) is 11.1 Å². The molecule has 6 heteroatoms. The lowest BCUT2D eigenvalue weighted by Crippen LogP contribution is -2.26. The Hall–Kier alpha value is -3.15. The van der Waals surface area contributed by atoms with Gasteiger partial charge in [0.05, 0.1) is 7.11 Å². The largest absolute Gasteiger partial charge is 0.497 e. The van der Waals surface area contributed by atoms with Crippen molar-refractivity contribution in [3.8, 4) is 17.1 Å². The van der Waals surface area contributed by atoms with Crippen LogP contribution in [-0.4, -0.2) is 23.2 Å². The summed E-state index contributed by atoms with van der Waals surface area (Å²) >= 11 is 0. The summed E-state index contributed by atoms with van der Waals surface area (Å²) in [6.07, 6.45) is 0. The molecule has 0 radical (unpaired) electrons. The smallest absolute Gasteiger partial charge is 0.251 e. The molecule has 3 aromatic rings. The molecule has 1 N–H and O–H groups in total. The van der Waals surface area contributed by atoms with Gasteiger partial charge in [0, 0.05) is 11.1 Å². The van der Waals surface area contributed by atoms with E-state index in [1.807, 2.05) is 31.2 Å². The molecule has 0 aliphatic carbocycles. The van der Waals surface area contributed by atoms with Crippen molar-refractivity contribution in [2.75, 3.05) is 7.11 Å². The number of nitrogens with zero attached hydrogens (tertiary/aromatic N) is 2. The number of rotatable bonds is 5. The fraction of sp³-hybridized carbons (Fsp3) is 0.211. The Balaban J connectivity index is 1.70. The lowest BCUT2D eigenvalue weighted by Gasteiger charge is -2.10. The average molecular weight is 337 g/mol. The van der Waals surface area contributed by atoms with Gasteiger partial charge in [-0.2, -0.15) is 4.98 Å². The number of hydrogen-bond acceptors (Lipinski definition) is 5. The Labute approximate surface area is 145 Å². The number of aryl methyl sites for hydroxylation is 1. The van der Waals surface area contributed by atoms with E-state index in [9.17, 15) is 4.79 Å². The van der Waals surface area contributed by atoms with Crippen LogP contribution in [-0.2, 0) is 0 Å². The van der Waals surface area contributed by atoms with Crippen LogP contribution in [0, 0.1) is 6.92 Å². The lowest BCUT2D eigenvalue weighted by atomic mass is 10.1. The van der Waals surface area contributed by atoms with Gasteiger partial charge in [0.2, 0.25) is 11.7 Å². The minimum Gasteiger partial charge on any atom is -0.497 e. The number of hydrogen-bond donors (Lipinski definition) is 1. The van der Waals surface area contributed by atoms with Gasteiger partial charge in [-0.15, -0.1) is 0 Å². The van der Waals surface area contributed by atoms with E-state index in [4.69, 9.17) is 9.26 Å². The van der Waals surface area contributed by atoms with E-state index in [0.29, 0.717) is 23.0 Å². The highest BCUT2D eigenvalue weighted by Crippen LogP contribution is 2.20. The number of benzene rings is 2. The molecule has 0 aliphatic rings. The molecule has 0 saturated heterocycles. The predicted molar refractivity (Wildman–Crippen MR) is 93.3 cm³/mol. The Bertz CT molecular complexity index is 872. The molecule has 6 nitrogen and oxygen atoms in total. The number of amides is 1. The van der Waals surface area contributed by atoms with Crippen LogP contribution < -0.4 is 10.1 Å². The molecule has 0 bridgehead atoms. The fourth-order valence-electron chi connectivity index (χ4n) is 2.40. The van der Waals surface area contributed by atoms with E-state index < -0.39 is 6.04 Å². The quantitative estimate of drug-likeness (QED) is 0.770. The average Bonchev–Trinajstić information content (AvgIpc) is 3.12. The molecular weight excluding hydrogens is 318 g/mol. The highest BCUT2D eigenvalue weighted by molar-refractivity contribution is 5.94. The Kier molecular flexibility index (Phi) is 4.79. The first-order valence-electron chi connectivity index (χ1n) is 7.92. The van der Waals surface area contributed by atoms with E-state index in [1.54, 1.807) is 38.3 Å². The van der Waals surface area contributed by atoms with Gasteiger partial charge in [-0.1, -0.05) is 28.9 Å². The van der Waals surface area contributed by atoms with Crippen molar-refractivity contribution in [2.24, 2.45) is 0 Å². The maximum atomic E-state index is 12.3. The number of ether oxygens (including phenoxy) is 1. The summed E-state index contributed by atoms with van der Waals surface area (Å²) in [6.45, 7) is 3.80. The molecule has 0 aliphatic heterocycles. The summed E-state index contributed by atoms with van der Waals surface area (Å²) in [5, 5.41) is 6.85. The highest BCUT2D eigenvalue weighted by atomic mass is 16.5. The fourth-order valence-corrected chi connectivity index (χ4v) is 2.40. The van der Waals surface area contributed by atoms with Crippen LogP contribution in [0.2, 0.25) is 0 Å². The standard InChI is InChI=1S/C19H19N3O3/c1-12-5-4-6-15(11-12)17-21-19(25-22-17)13(2)20-18(23)14-7-9-16(24-3)10-8-14/h4-11,13H,1-3H3,(H,20,23)/t13-/m0/s1. The summed E-state index contributed by atoms with van der Waals surface area (Å²) < 4.78 is 10.4. The minimum absolute atomic E-state index is 0.217. The van der Waals surface area contributed by atoms with Gasteiger partial charge in [0.25, 0.3) is 5.91 Å². The number of carbonyl (C=O) groups excluding carboxylic acids is 1. The van der Waals surface area contributed by atoms with Crippen LogP contribution in [0.15, 0.2) is 53.1 Å². The zero-order valence-electron chi connectivity index (χ0n) is 14.3. The van der Waals surface area contributed by atoms with Gasteiger partial charge >= 0.3 is 0 Å². The molecule has 0 saturated carbocycles. The third-order valence-corrected chi connectivity index (χ3v) is 3.79. The molecule has 1 heterocycles. The molecule has 1 atom stereocenters. The normalized spacial score (nSPS) is 11.8. The van der Waals surface area contributed by atoms with Crippen molar-refractivity contribution < 1.29 is 14.1 Å². The van der Waals surface area contributed by atoms with E-state index in [-0.39, 0.29) is 5.91 Å². The molecule has 3 rings (SSSR count). The zero-order chi connectivity index (χ0) is 17.8. The van der Waals surface area contributed by atoms with Crippen molar-refractivity contribution in [1.29, 1.82) is 0 Å². The topological polar surface area (TPSA) is 77.2 Å². The van der Waals surface area contributed by atoms with Gasteiger partial charge < -0.3 is 14.6 Å². The summed E-state index contributed by atoms with van der Waals surface area (Å²) in [5.74, 6) is 1.34. The molecule has 2 aromatic carbocycles. The van der Waals surface area contributed by atoms with E-state index in [1.165, 1.54) is 0 Å². The van der Waals surface area contributed by atoms with Gasteiger partial charge in [0.15, 0.2) is 0 Å². The molecule has 0 unspecified atom stereocenters. The molecule has 1 aromatic heterocycles. The van der Waals surface area contributed by atoms with Gasteiger partial charge in [-0.25, -0.2) is 0 Å². The van der Waals surface area contributed by atoms with Crippen molar-refractivity contribution in [3.63, 3.8) is 0 Å². The molecule has 25 heavy (non-hydrogen) atoms. The van der Waals surface area contributed by atoms with Crippen molar-refractivity contribution in [1.82, 2.24) is 15.5 Å². The number of aromatic nitrogens is 2. The lowest BCUT2D eigenvalue weighted by molar-refractivity contribution is 0.0932. The second kappa shape index (κ2) is 7.17. The molecule has 0 spiro atoms. The second-order valence-corrected chi connectivity index (χ2v) is 5.75. The SMILES string of the molecule is COc1ccc(C(=O)N[C@@H](C)c2nc(-c3cccc(C)c3)no2)cc1. The highest BCUT2D eigenvalue weighted by Gasteiger charge is 2.18. The van der Waals surface area contributed by atoms with Crippen LogP contribution in [0.3, 0.4) is 0 Å². The van der Waals surface area contributed by atoms with Crippen LogP contribution in [0.1, 0.15) is 34.8 Å². The Morgan fingerprint density at radius 2 is 1.96 bits per heavy atom. The molecule has 0 fully saturated rings. The first-order valence-corrected chi connectivity index (χ1v) is 7.92. The maximum absolute atomic E-state index is 12.3. The van der Waals surface area contributed by atoms with Crippen LogP contribution in [0.5, 0.6) is 5.75 Å². The first-order chi connectivity index (χ1) is 12.1. The monoisotopic (exact) mass is 337 g/mol. The summed E-state index contributed by atoms with van der Waals surface area (Å²) in [4.78, 5) is 16.7. The van der Waals surface area contributed by atoms with Crippen molar-refractivity contribution in [3.05, 3.63) is 65.5 Å². The summed E-state index contributed by atoms with van der Waals surface area (Å²) in [5.41, 5.74) is 2.53. The van der Waals surface area contributed by atoms with Crippen LogP contribution in [0.4, 0.5) is 0 Å². The molecule has 1 amide bonds. The predicted octanol–water partition coefficient (Wildman–Crippen LogP) is 3.54.